The predicted octanol–water partition coefficient (Wildman–Crippen LogP) is 1.94. The number of piperidine rings is 3. The number of aromatic amines is 1. The minimum atomic E-state index is -0.0942. The highest BCUT2D eigenvalue weighted by Gasteiger charge is 2.35. The summed E-state index contributed by atoms with van der Waals surface area (Å²) in [6, 6.07) is 6.03. The highest BCUT2D eigenvalue weighted by atomic mass is 16.5. The van der Waals surface area contributed by atoms with Gasteiger partial charge in [0.25, 0.3) is 5.91 Å². The van der Waals surface area contributed by atoms with E-state index in [0.717, 1.165) is 62.3 Å². The molecular formula is C20H26N4O3. The third-order valence-corrected chi connectivity index (χ3v) is 6.19. The van der Waals surface area contributed by atoms with Gasteiger partial charge in [0.15, 0.2) is 5.69 Å². The van der Waals surface area contributed by atoms with Gasteiger partial charge in [-0.1, -0.05) is 0 Å². The van der Waals surface area contributed by atoms with Crippen LogP contribution >= 0.6 is 0 Å². The van der Waals surface area contributed by atoms with Crippen molar-refractivity contribution in [3.63, 3.8) is 0 Å². The first-order valence-corrected chi connectivity index (χ1v) is 10.0. The normalized spacial score (nSPS) is 28.4. The largest absolute Gasteiger partial charge is 0.490 e. The fourth-order valence-electron chi connectivity index (χ4n) is 4.59. The molecule has 7 nitrogen and oxygen atoms in total. The minimum absolute atomic E-state index is 0.0942. The number of aromatic nitrogens is 2. The topological polar surface area (TPSA) is 79.5 Å². The van der Waals surface area contributed by atoms with Crippen LogP contribution in [-0.4, -0.2) is 66.0 Å². The Labute approximate surface area is 158 Å². The van der Waals surface area contributed by atoms with Crippen molar-refractivity contribution in [3.8, 4) is 5.75 Å². The summed E-state index contributed by atoms with van der Waals surface area (Å²) in [5.41, 5.74) is 1.31. The second kappa shape index (κ2) is 7.13. The van der Waals surface area contributed by atoms with Gasteiger partial charge >= 0.3 is 0 Å². The van der Waals surface area contributed by atoms with Crippen LogP contribution in [0.1, 0.15) is 36.2 Å². The number of fused-ring (bicyclic) bond motifs is 4. The summed E-state index contributed by atoms with van der Waals surface area (Å²) in [6.45, 7) is 4.76. The van der Waals surface area contributed by atoms with E-state index < -0.39 is 0 Å². The van der Waals surface area contributed by atoms with Gasteiger partial charge in [-0.05, 0) is 50.0 Å². The molecule has 5 heterocycles. The molecule has 1 amide bonds. The number of rotatable bonds is 4. The Bertz CT molecular complexity index is 822. The molecule has 4 aliphatic heterocycles. The molecule has 7 heteroatoms. The van der Waals surface area contributed by atoms with Gasteiger partial charge in [0.2, 0.25) is 0 Å². The van der Waals surface area contributed by atoms with Gasteiger partial charge in [-0.25, -0.2) is 0 Å². The van der Waals surface area contributed by atoms with Gasteiger partial charge in [0.05, 0.1) is 18.7 Å². The number of hydrogen-bond donors (Lipinski definition) is 2. The van der Waals surface area contributed by atoms with Crippen LogP contribution in [0.25, 0.3) is 10.9 Å². The molecule has 0 spiro atoms. The lowest BCUT2D eigenvalue weighted by atomic mass is 9.84. The van der Waals surface area contributed by atoms with Crippen molar-refractivity contribution in [2.75, 3.05) is 32.8 Å². The Morgan fingerprint density at radius 1 is 1.22 bits per heavy atom. The molecule has 6 rings (SSSR count). The van der Waals surface area contributed by atoms with Gasteiger partial charge in [0.1, 0.15) is 11.9 Å². The maximum atomic E-state index is 12.9. The summed E-state index contributed by atoms with van der Waals surface area (Å²) in [5.74, 6) is 1.28. The van der Waals surface area contributed by atoms with Gasteiger partial charge in [0, 0.05) is 30.8 Å². The smallest absolute Gasteiger partial charge is 0.272 e. The SMILES string of the molecule is O=C(N[C@@H]1CN2CCC1CC2)c1n[nH]c2ccc(OC3CCOCC3)cc12. The Kier molecular flexibility index (Phi) is 4.49. The molecule has 2 N–H and O–H groups in total. The molecule has 4 saturated heterocycles. The summed E-state index contributed by atoms with van der Waals surface area (Å²) < 4.78 is 11.5. The molecular weight excluding hydrogens is 344 g/mol. The lowest BCUT2D eigenvalue weighted by Gasteiger charge is -2.44. The zero-order valence-electron chi connectivity index (χ0n) is 15.4. The Morgan fingerprint density at radius 2 is 2.04 bits per heavy atom. The van der Waals surface area contributed by atoms with E-state index in [4.69, 9.17) is 9.47 Å². The zero-order chi connectivity index (χ0) is 18.2. The fraction of sp³-hybridized carbons (Fsp3) is 0.600. The molecule has 0 aliphatic carbocycles. The third-order valence-electron chi connectivity index (χ3n) is 6.19. The van der Waals surface area contributed by atoms with E-state index in [0.29, 0.717) is 11.6 Å². The molecule has 2 bridgehead atoms. The first kappa shape index (κ1) is 17.0. The summed E-state index contributed by atoms with van der Waals surface area (Å²) in [6.07, 6.45) is 4.32. The molecule has 4 fully saturated rings. The monoisotopic (exact) mass is 370 g/mol. The number of ether oxygens (including phenoxy) is 2. The van der Waals surface area contributed by atoms with Crippen LogP contribution in [0.15, 0.2) is 18.2 Å². The fourth-order valence-corrected chi connectivity index (χ4v) is 4.59. The third kappa shape index (κ3) is 3.41. The number of H-pyrrole nitrogens is 1. The highest BCUT2D eigenvalue weighted by molar-refractivity contribution is 6.05. The molecule has 1 aromatic heterocycles. The van der Waals surface area contributed by atoms with Crippen LogP contribution in [0.2, 0.25) is 0 Å². The molecule has 0 unspecified atom stereocenters. The van der Waals surface area contributed by atoms with Crippen LogP contribution in [0, 0.1) is 5.92 Å². The lowest BCUT2D eigenvalue weighted by molar-refractivity contribution is 0.0256. The summed E-state index contributed by atoms with van der Waals surface area (Å²) >= 11 is 0. The summed E-state index contributed by atoms with van der Waals surface area (Å²) in [7, 11) is 0. The van der Waals surface area contributed by atoms with Crippen LogP contribution in [0.3, 0.4) is 0 Å². The number of benzene rings is 1. The van der Waals surface area contributed by atoms with Gasteiger partial charge in [-0.2, -0.15) is 5.10 Å². The Morgan fingerprint density at radius 3 is 2.78 bits per heavy atom. The van der Waals surface area contributed by atoms with E-state index in [1.54, 1.807) is 0 Å². The van der Waals surface area contributed by atoms with Gasteiger partial charge < -0.3 is 19.7 Å². The van der Waals surface area contributed by atoms with E-state index in [9.17, 15) is 4.79 Å². The zero-order valence-corrected chi connectivity index (χ0v) is 15.4. The van der Waals surface area contributed by atoms with Crippen molar-refractivity contribution < 1.29 is 14.3 Å². The molecule has 144 valence electrons. The van der Waals surface area contributed by atoms with Crippen molar-refractivity contribution in [1.29, 1.82) is 0 Å². The van der Waals surface area contributed by atoms with Crippen molar-refractivity contribution in [3.05, 3.63) is 23.9 Å². The molecule has 1 atom stereocenters. The minimum Gasteiger partial charge on any atom is -0.490 e. The number of nitrogens with one attached hydrogen (secondary N) is 2. The second-order valence-electron chi connectivity index (χ2n) is 7.93. The predicted molar refractivity (Wildman–Crippen MR) is 101 cm³/mol. The standard InChI is InChI=1S/C20H26N4O3/c25-20(21-18-12-24-7-3-13(18)4-8-24)19-16-11-15(1-2-17(16)22-23-19)27-14-5-9-26-10-6-14/h1-2,11,13-14,18H,3-10,12H2,(H,21,25)(H,22,23)/t18-/m1/s1. The molecule has 27 heavy (non-hydrogen) atoms. The van der Waals surface area contributed by atoms with Gasteiger partial charge in [-0.3, -0.25) is 9.89 Å². The van der Waals surface area contributed by atoms with E-state index >= 15 is 0 Å². The molecule has 4 aliphatic rings. The van der Waals surface area contributed by atoms with Crippen LogP contribution in [-0.2, 0) is 4.74 Å². The van der Waals surface area contributed by atoms with E-state index in [-0.39, 0.29) is 18.1 Å². The lowest BCUT2D eigenvalue weighted by Crippen LogP contribution is -2.57. The van der Waals surface area contributed by atoms with Crippen LogP contribution in [0.4, 0.5) is 0 Å². The second-order valence-corrected chi connectivity index (χ2v) is 7.93. The molecule has 0 radical (unpaired) electrons. The molecule has 0 saturated carbocycles. The number of nitrogens with zero attached hydrogens (tertiary/aromatic N) is 2. The van der Waals surface area contributed by atoms with Crippen molar-refractivity contribution in [2.45, 2.75) is 37.8 Å². The quantitative estimate of drug-likeness (QED) is 0.860. The van der Waals surface area contributed by atoms with Gasteiger partial charge in [-0.15, -0.1) is 0 Å². The highest BCUT2D eigenvalue weighted by Crippen LogP contribution is 2.29. The average molecular weight is 370 g/mol. The van der Waals surface area contributed by atoms with Crippen molar-refractivity contribution >= 4 is 16.8 Å². The summed E-state index contributed by atoms with van der Waals surface area (Å²) in [4.78, 5) is 15.3. The summed E-state index contributed by atoms with van der Waals surface area (Å²) in [5, 5.41) is 11.3. The number of hydrogen-bond acceptors (Lipinski definition) is 5. The number of carbonyl (C=O) groups excluding carboxylic acids is 1. The Balaban J connectivity index is 1.33. The van der Waals surface area contributed by atoms with Crippen LogP contribution in [0.5, 0.6) is 5.75 Å². The van der Waals surface area contributed by atoms with Crippen molar-refractivity contribution in [2.24, 2.45) is 5.92 Å². The number of amides is 1. The molecule has 2 aromatic rings. The van der Waals surface area contributed by atoms with E-state index in [1.165, 1.54) is 12.8 Å². The average Bonchev–Trinajstić information content (AvgIpc) is 3.13. The Hall–Kier alpha value is -2.12. The van der Waals surface area contributed by atoms with E-state index in [1.807, 2.05) is 18.2 Å². The van der Waals surface area contributed by atoms with E-state index in [2.05, 4.69) is 20.4 Å². The number of carbonyl (C=O) groups is 1. The first-order chi connectivity index (χ1) is 13.3. The maximum absolute atomic E-state index is 12.9. The molecule has 1 aromatic carbocycles. The maximum Gasteiger partial charge on any atom is 0.272 e. The van der Waals surface area contributed by atoms with Crippen molar-refractivity contribution in [1.82, 2.24) is 20.4 Å². The van der Waals surface area contributed by atoms with Crippen LogP contribution < -0.4 is 10.1 Å². The first-order valence-electron chi connectivity index (χ1n) is 10.0.